The van der Waals surface area contributed by atoms with E-state index in [0.29, 0.717) is 45.5 Å². The van der Waals surface area contributed by atoms with Crippen LogP contribution in [0.5, 0.6) is 5.75 Å². The molecular weight excluding hydrogens is 428 g/mol. The zero-order chi connectivity index (χ0) is 23.9. The normalized spacial score (nSPS) is 14.1. The first kappa shape index (κ1) is 23.5. The van der Waals surface area contributed by atoms with Crippen molar-refractivity contribution in [1.29, 1.82) is 0 Å². The molecule has 1 N–H and O–H groups in total. The number of piperidine rings is 1. The van der Waals surface area contributed by atoms with E-state index in [1.165, 1.54) is 0 Å². The molecule has 0 radical (unpaired) electrons. The largest absolute Gasteiger partial charge is 0.493 e. The van der Waals surface area contributed by atoms with Gasteiger partial charge in [-0.2, -0.15) is 5.10 Å². The molecular formula is C27H32N4O3. The van der Waals surface area contributed by atoms with E-state index in [0.717, 1.165) is 28.4 Å². The minimum absolute atomic E-state index is 0.0470. The fourth-order valence-corrected chi connectivity index (χ4v) is 4.39. The number of nitrogens with one attached hydrogen (secondary N) is 1. The third-order valence-electron chi connectivity index (χ3n) is 6.43. The van der Waals surface area contributed by atoms with E-state index in [1.807, 2.05) is 84.1 Å². The summed E-state index contributed by atoms with van der Waals surface area (Å²) < 4.78 is 7.55. The number of hydrogen-bond acceptors (Lipinski definition) is 4. The van der Waals surface area contributed by atoms with Gasteiger partial charge in [0.1, 0.15) is 5.75 Å². The molecule has 0 spiro atoms. The van der Waals surface area contributed by atoms with Crippen LogP contribution < -0.4 is 10.1 Å². The summed E-state index contributed by atoms with van der Waals surface area (Å²) in [5.41, 5.74) is 4.00. The molecule has 0 unspecified atom stereocenters. The number of para-hydroxylation sites is 2. The van der Waals surface area contributed by atoms with Gasteiger partial charge in [0.2, 0.25) is 11.8 Å². The van der Waals surface area contributed by atoms with Crippen molar-refractivity contribution in [3.05, 3.63) is 77.6 Å². The van der Waals surface area contributed by atoms with Gasteiger partial charge in [-0.15, -0.1) is 0 Å². The van der Waals surface area contributed by atoms with Crippen molar-refractivity contribution in [3.63, 3.8) is 0 Å². The second kappa shape index (κ2) is 11.0. The lowest BCUT2D eigenvalue weighted by molar-refractivity contribution is -0.136. The Kier molecular flexibility index (Phi) is 7.62. The van der Waals surface area contributed by atoms with E-state index in [2.05, 4.69) is 10.4 Å². The lowest BCUT2D eigenvalue weighted by Gasteiger charge is -2.31. The predicted molar refractivity (Wildman–Crippen MR) is 131 cm³/mol. The molecule has 0 saturated carbocycles. The van der Waals surface area contributed by atoms with Crippen LogP contribution in [0, 0.1) is 19.8 Å². The number of likely N-dealkylation sites (tertiary alicyclic amines) is 1. The Labute approximate surface area is 200 Å². The number of hydrogen-bond donors (Lipinski definition) is 1. The standard InChI is InChI=1S/C27H32N4O3/c1-20-25(21(2)31(29-20)23-9-5-3-6-10-23)19-28-27(33)22-13-16-30(17-14-22)26(32)15-18-34-24-11-7-4-8-12-24/h3-12,22H,13-19H2,1-2H3,(H,28,33). The molecule has 4 rings (SSSR count). The minimum atomic E-state index is -0.0746. The van der Waals surface area contributed by atoms with Crippen LogP contribution in [0.1, 0.15) is 36.2 Å². The topological polar surface area (TPSA) is 76.5 Å². The molecule has 178 valence electrons. The molecule has 2 aromatic carbocycles. The van der Waals surface area contributed by atoms with Crippen molar-refractivity contribution in [1.82, 2.24) is 20.0 Å². The third-order valence-corrected chi connectivity index (χ3v) is 6.43. The fourth-order valence-electron chi connectivity index (χ4n) is 4.39. The first-order chi connectivity index (χ1) is 16.5. The first-order valence-electron chi connectivity index (χ1n) is 11.9. The zero-order valence-electron chi connectivity index (χ0n) is 19.9. The van der Waals surface area contributed by atoms with E-state index in [1.54, 1.807) is 0 Å². The highest BCUT2D eigenvalue weighted by Gasteiger charge is 2.27. The lowest BCUT2D eigenvalue weighted by atomic mass is 9.95. The van der Waals surface area contributed by atoms with Crippen molar-refractivity contribution in [2.75, 3.05) is 19.7 Å². The molecule has 1 saturated heterocycles. The van der Waals surface area contributed by atoms with E-state index in [9.17, 15) is 9.59 Å². The summed E-state index contributed by atoms with van der Waals surface area (Å²) in [6.45, 7) is 6.02. The second-order valence-electron chi connectivity index (χ2n) is 8.68. The highest BCUT2D eigenvalue weighted by atomic mass is 16.5. The number of carbonyl (C=O) groups is 2. The van der Waals surface area contributed by atoms with Gasteiger partial charge in [0.05, 0.1) is 24.4 Å². The summed E-state index contributed by atoms with van der Waals surface area (Å²) in [4.78, 5) is 27.2. The van der Waals surface area contributed by atoms with Gasteiger partial charge in [-0.3, -0.25) is 9.59 Å². The van der Waals surface area contributed by atoms with Crippen LogP contribution in [0.3, 0.4) is 0 Å². The number of rotatable bonds is 8. The van der Waals surface area contributed by atoms with Crippen molar-refractivity contribution < 1.29 is 14.3 Å². The van der Waals surface area contributed by atoms with Crippen molar-refractivity contribution in [2.45, 2.75) is 39.7 Å². The molecule has 34 heavy (non-hydrogen) atoms. The average molecular weight is 461 g/mol. The second-order valence-corrected chi connectivity index (χ2v) is 8.68. The van der Waals surface area contributed by atoms with Gasteiger partial charge in [0.25, 0.3) is 0 Å². The predicted octanol–water partition coefficient (Wildman–Crippen LogP) is 3.81. The molecule has 0 aliphatic carbocycles. The fraction of sp³-hybridized carbons (Fsp3) is 0.370. The van der Waals surface area contributed by atoms with Crippen molar-refractivity contribution >= 4 is 11.8 Å². The Hall–Kier alpha value is -3.61. The molecule has 1 aliphatic heterocycles. The number of benzene rings is 2. The molecule has 3 aromatic rings. The third kappa shape index (κ3) is 5.65. The smallest absolute Gasteiger partial charge is 0.225 e. The number of aromatic nitrogens is 2. The monoisotopic (exact) mass is 460 g/mol. The molecule has 1 aliphatic rings. The van der Waals surface area contributed by atoms with Crippen LogP contribution in [0.4, 0.5) is 0 Å². The summed E-state index contributed by atoms with van der Waals surface area (Å²) in [6.07, 6.45) is 1.70. The summed E-state index contributed by atoms with van der Waals surface area (Å²) >= 11 is 0. The van der Waals surface area contributed by atoms with Crippen molar-refractivity contribution in [3.8, 4) is 11.4 Å². The van der Waals surface area contributed by atoms with Gasteiger partial charge >= 0.3 is 0 Å². The molecule has 7 nitrogen and oxygen atoms in total. The summed E-state index contributed by atoms with van der Waals surface area (Å²) in [5.74, 6) is 0.819. The molecule has 0 atom stereocenters. The van der Waals surface area contributed by atoms with Gasteiger partial charge in [0.15, 0.2) is 0 Å². The van der Waals surface area contributed by atoms with E-state index < -0.39 is 0 Å². The molecule has 1 aromatic heterocycles. The number of carbonyl (C=O) groups excluding carboxylic acids is 2. The summed E-state index contributed by atoms with van der Waals surface area (Å²) in [7, 11) is 0. The SMILES string of the molecule is Cc1nn(-c2ccccc2)c(C)c1CNC(=O)C1CCN(C(=O)CCOc2ccccc2)CC1. The molecule has 7 heteroatoms. The Balaban J connectivity index is 1.23. The van der Waals surface area contributed by atoms with Gasteiger partial charge in [0, 0.05) is 36.8 Å². The molecule has 2 heterocycles. The Morgan fingerprint density at radius 1 is 1.00 bits per heavy atom. The van der Waals surface area contributed by atoms with Crippen LogP contribution >= 0.6 is 0 Å². The Morgan fingerprint density at radius 2 is 1.65 bits per heavy atom. The minimum Gasteiger partial charge on any atom is -0.493 e. The highest BCUT2D eigenvalue weighted by molar-refractivity contribution is 5.80. The van der Waals surface area contributed by atoms with Gasteiger partial charge in [-0.05, 0) is 51.0 Å². The lowest BCUT2D eigenvalue weighted by Crippen LogP contribution is -2.43. The van der Waals surface area contributed by atoms with Crippen LogP contribution in [0.15, 0.2) is 60.7 Å². The Morgan fingerprint density at radius 3 is 2.32 bits per heavy atom. The maximum atomic E-state index is 12.8. The number of amides is 2. The molecule has 0 bridgehead atoms. The van der Waals surface area contributed by atoms with E-state index in [4.69, 9.17) is 4.74 Å². The summed E-state index contributed by atoms with van der Waals surface area (Å²) in [5, 5.41) is 7.75. The van der Waals surface area contributed by atoms with E-state index >= 15 is 0 Å². The van der Waals surface area contributed by atoms with Crippen LogP contribution in [0.25, 0.3) is 5.69 Å². The van der Waals surface area contributed by atoms with E-state index in [-0.39, 0.29) is 17.7 Å². The van der Waals surface area contributed by atoms with Crippen molar-refractivity contribution in [2.24, 2.45) is 5.92 Å². The quantitative estimate of drug-likeness (QED) is 0.555. The van der Waals surface area contributed by atoms with Crippen LogP contribution in [-0.4, -0.2) is 46.2 Å². The maximum Gasteiger partial charge on any atom is 0.225 e. The first-order valence-corrected chi connectivity index (χ1v) is 11.9. The van der Waals surface area contributed by atoms with Crippen LogP contribution in [-0.2, 0) is 16.1 Å². The summed E-state index contributed by atoms with van der Waals surface area (Å²) in [6, 6.07) is 19.5. The average Bonchev–Trinajstić information content (AvgIpc) is 3.16. The highest BCUT2D eigenvalue weighted by Crippen LogP contribution is 2.21. The number of aryl methyl sites for hydroxylation is 1. The number of nitrogens with zero attached hydrogens (tertiary/aromatic N) is 3. The maximum absolute atomic E-state index is 12.8. The Bertz CT molecular complexity index is 1100. The number of ether oxygens (including phenoxy) is 1. The van der Waals surface area contributed by atoms with Gasteiger partial charge in [-0.25, -0.2) is 4.68 Å². The zero-order valence-corrected chi connectivity index (χ0v) is 19.9. The van der Waals surface area contributed by atoms with Gasteiger partial charge in [-0.1, -0.05) is 36.4 Å². The van der Waals surface area contributed by atoms with Crippen LogP contribution in [0.2, 0.25) is 0 Å². The van der Waals surface area contributed by atoms with Gasteiger partial charge < -0.3 is 15.0 Å². The molecule has 2 amide bonds. The molecule has 1 fully saturated rings.